The third kappa shape index (κ3) is 4.94. The Balaban J connectivity index is 1.53. The molecule has 0 aliphatic rings. The smallest absolute Gasteiger partial charge is 0.269 e. The van der Waals surface area contributed by atoms with Gasteiger partial charge < -0.3 is 4.98 Å². The van der Waals surface area contributed by atoms with E-state index in [-0.39, 0.29) is 17.1 Å². The molecular formula is C17H16N4O4S2. The topological polar surface area (TPSA) is 118 Å². The number of nitro groups is 1. The van der Waals surface area contributed by atoms with Gasteiger partial charge in [0.15, 0.2) is 5.16 Å². The van der Waals surface area contributed by atoms with Gasteiger partial charge in [-0.1, -0.05) is 30.0 Å². The predicted octanol–water partition coefficient (Wildman–Crippen LogP) is 3.06. The maximum Gasteiger partial charge on any atom is 0.269 e. The molecule has 0 amide bonds. The molecule has 27 heavy (non-hydrogen) atoms. The zero-order chi connectivity index (χ0) is 19.3. The molecule has 1 heterocycles. The van der Waals surface area contributed by atoms with Crippen LogP contribution in [0.3, 0.4) is 0 Å². The summed E-state index contributed by atoms with van der Waals surface area (Å²) in [6.07, 6.45) is 1.64. The zero-order valence-corrected chi connectivity index (χ0v) is 15.7. The highest BCUT2D eigenvalue weighted by atomic mass is 32.2. The van der Waals surface area contributed by atoms with Crippen LogP contribution in [0.1, 0.15) is 0 Å². The first-order valence-electron chi connectivity index (χ1n) is 7.93. The molecule has 0 radical (unpaired) electrons. The van der Waals surface area contributed by atoms with Crippen LogP contribution in [-0.4, -0.2) is 35.6 Å². The second-order valence-corrected chi connectivity index (χ2v) is 8.32. The molecule has 2 aromatic carbocycles. The molecule has 10 heteroatoms. The minimum atomic E-state index is -3.51. The Bertz CT molecular complexity index is 1020. The first-order chi connectivity index (χ1) is 13.0. The Morgan fingerprint density at radius 1 is 1.11 bits per heavy atom. The number of thioether (sulfide) groups is 1. The number of non-ortho nitro benzene ring substituents is 1. The van der Waals surface area contributed by atoms with Gasteiger partial charge in [0, 0.05) is 30.0 Å². The van der Waals surface area contributed by atoms with E-state index >= 15 is 0 Å². The van der Waals surface area contributed by atoms with Crippen molar-refractivity contribution >= 4 is 27.5 Å². The molecule has 1 aromatic heterocycles. The number of rotatable bonds is 8. The van der Waals surface area contributed by atoms with Gasteiger partial charge in [-0.05, 0) is 24.3 Å². The van der Waals surface area contributed by atoms with Crippen molar-refractivity contribution in [1.82, 2.24) is 14.7 Å². The van der Waals surface area contributed by atoms with Crippen LogP contribution in [0, 0.1) is 10.1 Å². The first-order valence-corrected chi connectivity index (χ1v) is 10.4. The van der Waals surface area contributed by atoms with E-state index in [0.29, 0.717) is 10.9 Å². The molecule has 3 aromatic rings. The lowest BCUT2D eigenvalue weighted by Crippen LogP contribution is -2.25. The fourth-order valence-corrected chi connectivity index (χ4v) is 4.18. The maximum atomic E-state index is 12.1. The highest BCUT2D eigenvalue weighted by Crippen LogP contribution is 2.23. The number of benzene rings is 2. The van der Waals surface area contributed by atoms with E-state index in [4.69, 9.17) is 0 Å². The summed E-state index contributed by atoms with van der Waals surface area (Å²) < 4.78 is 26.8. The van der Waals surface area contributed by atoms with Gasteiger partial charge in [-0.3, -0.25) is 10.1 Å². The monoisotopic (exact) mass is 404 g/mol. The fourth-order valence-electron chi connectivity index (χ4n) is 2.29. The number of nitro benzene ring substituents is 1. The molecule has 0 fully saturated rings. The number of aromatic nitrogens is 2. The average molecular weight is 404 g/mol. The Morgan fingerprint density at radius 2 is 1.81 bits per heavy atom. The Labute approximate surface area is 160 Å². The molecule has 0 bridgehead atoms. The maximum absolute atomic E-state index is 12.1. The predicted molar refractivity (Wildman–Crippen MR) is 103 cm³/mol. The first kappa shape index (κ1) is 19.1. The van der Waals surface area contributed by atoms with Crippen molar-refractivity contribution in [2.45, 2.75) is 10.1 Å². The van der Waals surface area contributed by atoms with Crippen molar-refractivity contribution in [3.05, 3.63) is 70.9 Å². The normalized spacial score (nSPS) is 11.4. The molecule has 0 unspecified atom stereocenters. The second kappa shape index (κ2) is 8.33. The molecule has 2 N–H and O–H groups in total. The fraction of sp³-hybridized carbons (Fsp3) is 0.118. The number of nitrogens with one attached hydrogen (secondary N) is 2. The van der Waals surface area contributed by atoms with E-state index < -0.39 is 14.9 Å². The lowest BCUT2D eigenvalue weighted by molar-refractivity contribution is -0.384. The van der Waals surface area contributed by atoms with Crippen LogP contribution in [0.4, 0.5) is 5.69 Å². The van der Waals surface area contributed by atoms with Crippen LogP contribution in [0.5, 0.6) is 0 Å². The van der Waals surface area contributed by atoms with E-state index in [0.717, 1.165) is 11.3 Å². The second-order valence-electron chi connectivity index (χ2n) is 5.47. The summed E-state index contributed by atoms with van der Waals surface area (Å²) in [7, 11) is -3.51. The Morgan fingerprint density at radius 3 is 2.48 bits per heavy atom. The molecular weight excluding hydrogens is 388 g/mol. The van der Waals surface area contributed by atoms with Gasteiger partial charge in [0.25, 0.3) is 5.69 Å². The molecule has 0 spiro atoms. The number of imidazole rings is 1. The van der Waals surface area contributed by atoms with Gasteiger partial charge in [-0.15, -0.1) is 0 Å². The summed E-state index contributed by atoms with van der Waals surface area (Å²) >= 11 is 1.38. The van der Waals surface area contributed by atoms with Crippen molar-refractivity contribution in [1.29, 1.82) is 0 Å². The molecule has 0 aliphatic heterocycles. The van der Waals surface area contributed by atoms with Gasteiger partial charge in [0.2, 0.25) is 10.0 Å². The SMILES string of the molecule is O=[N+]([O-])c1ccc(-c2cnc(SCCNS(=O)(=O)c3ccccc3)[nH]2)cc1. The van der Waals surface area contributed by atoms with Gasteiger partial charge >= 0.3 is 0 Å². The Kier molecular flexibility index (Phi) is 5.89. The quantitative estimate of drug-likeness (QED) is 0.258. The largest absolute Gasteiger partial charge is 0.333 e. The number of hydrogen-bond donors (Lipinski definition) is 2. The lowest BCUT2D eigenvalue weighted by Gasteiger charge is -2.05. The number of H-pyrrole nitrogens is 1. The third-order valence-corrected chi connectivity index (χ3v) is 5.99. The molecule has 0 aliphatic carbocycles. The number of nitrogens with zero attached hydrogens (tertiary/aromatic N) is 2. The van der Waals surface area contributed by atoms with Crippen LogP contribution in [-0.2, 0) is 10.0 Å². The van der Waals surface area contributed by atoms with E-state index in [1.54, 1.807) is 48.7 Å². The van der Waals surface area contributed by atoms with Gasteiger partial charge in [0.1, 0.15) is 0 Å². The third-order valence-electron chi connectivity index (χ3n) is 3.63. The summed E-state index contributed by atoms with van der Waals surface area (Å²) in [6.45, 7) is 0.259. The number of hydrogen-bond acceptors (Lipinski definition) is 6. The molecule has 8 nitrogen and oxygen atoms in total. The molecule has 0 atom stereocenters. The highest BCUT2D eigenvalue weighted by molar-refractivity contribution is 7.99. The van der Waals surface area contributed by atoms with Crippen LogP contribution in [0.2, 0.25) is 0 Å². The van der Waals surface area contributed by atoms with Crippen LogP contribution < -0.4 is 4.72 Å². The van der Waals surface area contributed by atoms with Crippen molar-refractivity contribution in [3.63, 3.8) is 0 Å². The molecule has 140 valence electrons. The van der Waals surface area contributed by atoms with Crippen LogP contribution in [0.15, 0.2) is 70.8 Å². The minimum absolute atomic E-state index is 0.0264. The van der Waals surface area contributed by atoms with Crippen molar-refractivity contribution < 1.29 is 13.3 Å². The van der Waals surface area contributed by atoms with E-state index in [1.807, 2.05) is 0 Å². The molecule has 0 saturated carbocycles. The van der Waals surface area contributed by atoms with Crippen LogP contribution in [0.25, 0.3) is 11.3 Å². The Hall–Kier alpha value is -2.69. The van der Waals surface area contributed by atoms with Crippen molar-refractivity contribution in [2.24, 2.45) is 0 Å². The van der Waals surface area contributed by atoms with Crippen molar-refractivity contribution in [2.75, 3.05) is 12.3 Å². The summed E-state index contributed by atoms with van der Waals surface area (Å²) in [5.74, 6) is 0.499. The summed E-state index contributed by atoms with van der Waals surface area (Å²) in [4.78, 5) is 17.8. The summed E-state index contributed by atoms with van der Waals surface area (Å²) in [6, 6.07) is 14.3. The van der Waals surface area contributed by atoms with Gasteiger partial charge in [-0.25, -0.2) is 18.1 Å². The summed E-state index contributed by atoms with van der Waals surface area (Å²) in [5.41, 5.74) is 1.54. The van der Waals surface area contributed by atoms with E-state index in [9.17, 15) is 18.5 Å². The van der Waals surface area contributed by atoms with Gasteiger partial charge in [-0.2, -0.15) is 0 Å². The minimum Gasteiger partial charge on any atom is -0.333 e. The number of sulfonamides is 1. The van der Waals surface area contributed by atoms with Crippen molar-refractivity contribution in [3.8, 4) is 11.3 Å². The van der Waals surface area contributed by atoms with E-state index in [2.05, 4.69) is 14.7 Å². The standard InChI is InChI=1S/C17H16N4O4S2/c22-21(23)14-8-6-13(7-9-14)16-12-18-17(20-16)26-11-10-19-27(24,25)15-4-2-1-3-5-15/h1-9,12,19H,10-11H2,(H,18,20). The molecule has 3 rings (SSSR count). The van der Waals surface area contributed by atoms with Crippen LogP contribution >= 0.6 is 11.8 Å². The highest BCUT2D eigenvalue weighted by Gasteiger charge is 2.12. The average Bonchev–Trinajstić information content (AvgIpc) is 3.15. The lowest BCUT2D eigenvalue weighted by atomic mass is 10.1. The van der Waals surface area contributed by atoms with Gasteiger partial charge in [0.05, 0.1) is 21.7 Å². The summed E-state index contributed by atoms with van der Waals surface area (Å²) in [5, 5.41) is 11.3. The molecule has 0 saturated heterocycles. The van der Waals surface area contributed by atoms with E-state index in [1.165, 1.54) is 23.9 Å². The zero-order valence-electron chi connectivity index (χ0n) is 14.0. The number of aromatic amines is 1.